The normalized spacial score (nSPS) is 10.7. The number of nitrogens with zero attached hydrogens (tertiary/aromatic N) is 1. The predicted molar refractivity (Wildman–Crippen MR) is 91.4 cm³/mol. The third-order valence-electron chi connectivity index (χ3n) is 3.76. The summed E-state index contributed by atoms with van der Waals surface area (Å²) in [5.74, 6) is -0.492. The Morgan fingerprint density at radius 3 is 2.61 bits per heavy atom. The average molecular weight is 311 g/mol. The maximum atomic E-state index is 13.9. The lowest BCUT2D eigenvalue weighted by molar-refractivity contribution is -0.115. The Balaban J connectivity index is 1.73. The van der Waals surface area contributed by atoms with Crippen molar-refractivity contribution in [3.8, 4) is 0 Å². The summed E-state index contributed by atoms with van der Waals surface area (Å²) in [6.45, 7) is 0. The van der Waals surface area contributed by atoms with Gasteiger partial charge in [-0.1, -0.05) is 6.07 Å². The zero-order chi connectivity index (χ0) is 16.4. The van der Waals surface area contributed by atoms with E-state index in [4.69, 9.17) is 0 Å². The Hall–Kier alpha value is -2.82. The van der Waals surface area contributed by atoms with Crippen molar-refractivity contribution >= 4 is 28.2 Å². The number of hydrogen-bond donors (Lipinski definition) is 2. The topological polar surface area (TPSA) is 48.1 Å². The summed E-state index contributed by atoms with van der Waals surface area (Å²) in [6, 6.07) is 12.4. The van der Waals surface area contributed by atoms with Crippen LogP contribution >= 0.6 is 0 Å². The molecule has 0 unspecified atom stereocenters. The molecule has 0 radical (unpaired) electrons. The summed E-state index contributed by atoms with van der Waals surface area (Å²) in [5, 5.41) is 3.31. The summed E-state index contributed by atoms with van der Waals surface area (Å²) >= 11 is 0. The number of halogens is 1. The molecular formula is C18H18FN3O. The van der Waals surface area contributed by atoms with E-state index in [1.165, 1.54) is 6.07 Å². The predicted octanol–water partition coefficient (Wildman–Crippen LogP) is 3.55. The van der Waals surface area contributed by atoms with E-state index in [0.29, 0.717) is 16.5 Å². The van der Waals surface area contributed by atoms with Gasteiger partial charge in [0.1, 0.15) is 5.82 Å². The molecule has 3 rings (SSSR count). The van der Waals surface area contributed by atoms with Crippen molar-refractivity contribution in [1.29, 1.82) is 0 Å². The second-order valence-corrected chi connectivity index (χ2v) is 5.64. The SMILES string of the molecule is CN(C)c1ccc(NC(=O)Cc2c[nH]c3cccc(F)c23)cc1. The largest absolute Gasteiger partial charge is 0.378 e. The molecule has 0 saturated heterocycles. The van der Waals surface area contributed by atoms with Gasteiger partial charge >= 0.3 is 0 Å². The molecule has 1 aromatic heterocycles. The summed E-state index contributed by atoms with van der Waals surface area (Å²) in [4.78, 5) is 17.2. The molecule has 5 heteroatoms. The van der Waals surface area contributed by atoms with E-state index in [9.17, 15) is 9.18 Å². The average Bonchev–Trinajstić information content (AvgIpc) is 2.92. The summed E-state index contributed by atoms with van der Waals surface area (Å²) in [6.07, 6.45) is 1.80. The van der Waals surface area contributed by atoms with Crippen LogP contribution in [0.1, 0.15) is 5.56 Å². The van der Waals surface area contributed by atoms with Gasteiger partial charge in [-0.3, -0.25) is 4.79 Å². The number of nitrogens with one attached hydrogen (secondary N) is 2. The van der Waals surface area contributed by atoms with E-state index in [2.05, 4.69) is 10.3 Å². The molecular weight excluding hydrogens is 293 g/mol. The fourth-order valence-corrected chi connectivity index (χ4v) is 2.57. The molecule has 0 bridgehead atoms. The number of fused-ring (bicyclic) bond motifs is 1. The lowest BCUT2D eigenvalue weighted by atomic mass is 10.1. The molecule has 118 valence electrons. The molecule has 0 atom stereocenters. The first-order valence-electron chi connectivity index (χ1n) is 7.36. The molecule has 3 aromatic rings. The number of benzene rings is 2. The number of carbonyl (C=O) groups excluding carboxylic acids is 1. The monoisotopic (exact) mass is 311 g/mol. The number of amides is 1. The van der Waals surface area contributed by atoms with Gasteiger partial charge in [0.15, 0.2) is 0 Å². The highest BCUT2D eigenvalue weighted by atomic mass is 19.1. The number of rotatable bonds is 4. The molecule has 0 aliphatic rings. The molecule has 1 amide bonds. The zero-order valence-electron chi connectivity index (χ0n) is 13.1. The van der Waals surface area contributed by atoms with Gasteiger partial charge in [-0.25, -0.2) is 4.39 Å². The van der Waals surface area contributed by atoms with Crippen LogP contribution < -0.4 is 10.2 Å². The first-order chi connectivity index (χ1) is 11.0. The summed E-state index contributed by atoms with van der Waals surface area (Å²) in [5.41, 5.74) is 3.13. The Morgan fingerprint density at radius 1 is 1.17 bits per heavy atom. The van der Waals surface area contributed by atoms with Gasteiger partial charge in [0, 0.05) is 42.6 Å². The van der Waals surface area contributed by atoms with Crippen LogP contribution in [0.5, 0.6) is 0 Å². The van der Waals surface area contributed by atoms with Crippen LogP contribution in [0.4, 0.5) is 15.8 Å². The maximum Gasteiger partial charge on any atom is 0.228 e. The second-order valence-electron chi connectivity index (χ2n) is 5.64. The molecule has 1 heterocycles. The van der Waals surface area contributed by atoms with E-state index in [1.807, 2.05) is 43.3 Å². The molecule has 2 aromatic carbocycles. The van der Waals surface area contributed by atoms with Gasteiger partial charge in [-0.15, -0.1) is 0 Å². The molecule has 23 heavy (non-hydrogen) atoms. The highest BCUT2D eigenvalue weighted by Gasteiger charge is 2.12. The first-order valence-corrected chi connectivity index (χ1v) is 7.36. The Morgan fingerprint density at radius 2 is 1.91 bits per heavy atom. The van der Waals surface area contributed by atoms with E-state index in [0.717, 1.165) is 11.4 Å². The molecule has 0 fully saturated rings. The third-order valence-corrected chi connectivity index (χ3v) is 3.76. The van der Waals surface area contributed by atoms with Gasteiger partial charge in [-0.05, 0) is 42.0 Å². The lowest BCUT2D eigenvalue weighted by Gasteiger charge is -2.13. The quantitative estimate of drug-likeness (QED) is 0.774. The van der Waals surface area contributed by atoms with Crippen molar-refractivity contribution in [3.63, 3.8) is 0 Å². The van der Waals surface area contributed by atoms with Crippen molar-refractivity contribution in [2.75, 3.05) is 24.3 Å². The highest BCUT2D eigenvalue weighted by molar-refractivity contribution is 5.96. The van der Waals surface area contributed by atoms with Crippen molar-refractivity contribution < 1.29 is 9.18 Å². The van der Waals surface area contributed by atoms with E-state index < -0.39 is 0 Å². The third kappa shape index (κ3) is 3.18. The minimum absolute atomic E-state index is 0.121. The van der Waals surface area contributed by atoms with Crippen LogP contribution in [0.25, 0.3) is 10.9 Å². The standard InChI is InChI=1S/C18H18FN3O/c1-22(2)14-8-6-13(7-9-14)21-17(23)10-12-11-20-16-5-3-4-15(19)18(12)16/h3-9,11,20H,10H2,1-2H3,(H,21,23). The number of aromatic amines is 1. The zero-order valence-corrected chi connectivity index (χ0v) is 13.1. The van der Waals surface area contributed by atoms with Crippen molar-refractivity contribution in [2.24, 2.45) is 0 Å². The number of hydrogen-bond acceptors (Lipinski definition) is 2. The van der Waals surface area contributed by atoms with Crippen molar-refractivity contribution in [2.45, 2.75) is 6.42 Å². The minimum atomic E-state index is -0.318. The Labute approximate surface area is 133 Å². The molecule has 4 nitrogen and oxygen atoms in total. The fourth-order valence-electron chi connectivity index (χ4n) is 2.57. The summed E-state index contributed by atoms with van der Waals surface area (Å²) < 4.78 is 13.9. The number of aromatic nitrogens is 1. The lowest BCUT2D eigenvalue weighted by Crippen LogP contribution is -2.14. The highest BCUT2D eigenvalue weighted by Crippen LogP contribution is 2.22. The molecule has 2 N–H and O–H groups in total. The first kappa shape index (κ1) is 15.1. The van der Waals surface area contributed by atoms with Crippen molar-refractivity contribution in [3.05, 3.63) is 60.0 Å². The van der Waals surface area contributed by atoms with Crippen LogP contribution in [0.2, 0.25) is 0 Å². The van der Waals surface area contributed by atoms with Crippen molar-refractivity contribution in [1.82, 2.24) is 4.98 Å². The van der Waals surface area contributed by atoms with Gasteiger partial charge < -0.3 is 15.2 Å². The van der Waals surface area contributed by atoms with Gasteiger partial charge in [0.25, 0.3) is 0 Å². The van der Waals surface area contributed by atoms with E-state index >= 15 is 0 Å². The second kappa shape index (κ2) is 6.12. The number of H-pyrrole nitrogens is 1. The summed E-state index contributed by atoms with van der Waals surface area (Å²) in [7, 11) is 3.91. The number of anilines is 2. The van der Waals surface area contributed by atoms with E-state index in [-0.39, 0.29) is 18.1 Å². The number of carbonyl (C=O) groups is 1. The fraction of sp³-hybridized carbons (Fsp3) is 0.167. The molecule has 0 spiro atoms. The maximum absolute atomic E-state index is 13.9. The van der Waals surface area contributed by atoms with Gasteiger partial charge in [0.2, 0.25) is 5.91 Å². The molecule has 0 saturated carbocycles. The Kier molecular flexibility index (Phi) is 4.02. The minimum Gasteiger partial charge on any atom is -0.378 e. The van der Waals surface area contributed by atoms with Gasteiger partial charge in [-0.2, -0.15) is 0 Å². The van der Waals surface area contributed by atoms with Crippen LogP contribution in [0.15, 0.2) is 48.7 Å². The molecule has 0 aliphatic heterocycles. The van der Waals surface area contributed by atoms with E-state index in [1.54, 1.807) is 18.3 Å². The Bertz CT molecular complexity index is 837. The van der Waals surface area contributed by atoms with Crippen LogP contribution in [0, 0.1) is 5.82 Å². The van der Waals surface area contributed by atoms with Crippen LogP contribution in [0.3, 0.4) is 0 Å². The molecule has 0 aliphatic carbocycles. The smallest absolute Gasteiger partial charge is 0.228 e. The van der Waals surface area contributed by atoms with Crippen LogP contribution in [-0.4, -0.2) is 25.0 Å². The van der Waals surface area contributed by atoms with Crippen LogP contribution in [-0.2, 0) is 11.2 Å². The van der Waals surface area contributed by atoms with Gasteiger partial charge in [0.05, 0.1) is 6.42 Å².